The van der Waals surface area contributed by atoms with Crippen molar-refractivity contribution >= 4 is 15.9 Å². The van der Waals surface area contributed by atoms with Crippen molar-refractivity contribution in [3.63, 3.8) is 0 Å². The number of amides is 1. The van der Waals surface area contributed by atoms with Crippen LogP contribution in [0.5, 0.6) is 0 Å². The van der Waals surface area contributed by atoms with Gasteiger partial charge in [-0.05, 0) is 6.42 Å². The summed E-state index contributed by atoms with van der Waals surface area (Å²) in [6, 6.07) is -0.647. The van der Waals surface area contributed by atoms with E-state index < -0.39 is 16.1 Å². The summed E-state index contributed by atoms with van der Waals surface area (Å²) in [5.74, 6) is -0.247. The average molecular weight is 272 g/mol. The Morgan fingerprint density at radius 1 is 1.56 bits per heavy atom. The summed E-state index contributed by atoms with van der Waals surface area (Å²) in [6.07, 6.45) is 3.31. The highest BCUT2D eigenvalue weighted by atomic mass is 32.2. The molecule has 1 aromatic heterocycles. The summed E-state index contributed by atoms with van der Waals surface area (Å²) in [5.41, 5.74) is 0. The van der Waals surface area contributed by atoms with Crippen molar-refractivity contribution in [1.82, 2.24) is 19.2 Å². The van der Waals surface area contributed by atoms with E-state index in [1.54, 1.807) is 18.5 Å². The molecule has 1 aromatic rings. The molecule has 8 heteroatoms. The van der Waals surface area contributed by atoms with Crippen LogP contribution in [0.15, 0.2) is 17.6 Å². The summed E-state index contributed by atoms with van der Waals surface area (Å²) in [7, 11) is -1.99. The monoisotopic (exact) mass is 272 g/mol. The molecule has 0 spiro atoms. The van der Waals surface area contributed by atoms with Crippen LogP contribution in [0.3, 0.4) is 0 Å². The number of rotatable bonds is 3. The van der Waals surface area contributed by atoms with Crippen LogP contribution in [0.1, 0.15) is 13.3 Å². The van der Waals surface area contributed by atoms with E-state index in [4.69, 9.17) is 0 Å². The minimum atomic E-state index is -3.69. The van der Waals surface area contributed by atoms with Gasteiger partial charge in [0.25, 0.3) is 10.0 Å². The lowest BCUT2D eigenvalue weighted by Gasteiger charge is -2.32. The highest BCUT2D eigenvalue weighted by Crippen LogP contribution is 2.19. The maximum atomic E-state index is 12.4. The molecule has 0 bridgehead atoms. The fourth-order valence-corrected chi connectivity index (χ4v) is 3.64. The molecule has 0 aliphatic carbocycles. The minimum absolute atomic E-state index is 0.0156. The van der Waals surface area contributed by atoms with E-state index >= 15 is 0 Å². The number of sulfonamides is 1. The molecule has 0 radical (unpaired) electrons. The fraction of sp³-hybridized carbons (Fsp3) is 0.600. The van der Waals surface area contributed by atoms with Crippen LogP contribution in [0, 0.1) is 0 Å². The fourth-order valence-electron chi connectivity index (χ4n) is 2.01. The minimum Gasteiger partial charge on any atom is -0.353 e. The Morgan fingerprint density at radius 2 is 2.28 bits per heavy atom. The number of imidazole rings is 1. The Balaban J connectivity index is 2.37. The average Bonchev–Trinajstić information content (AvgIpc) is 2.76. The molecule has 2 heterocycles. The van der Waals surface area contributed by atoms with Crippen LogP contribution >= 0.6 is 0 Å². The Morgan fingerprint density at radius 3 is 2.83 bits per heavy atom. The van der Waals surface area contributed by atoms with Crippen molar-refractivity contribution in [1.29, 1.82) is 0 Å². The van der Waals surface area contributed by atoms with Gasteiger partial charge in [0, 0.05) is 26.3 Å². The van der Waals surface area contributed by atoms with Crippen molar-refractivity contribution in [2.75, 3.05) is 13.1 Å². The lowest BCUT2D eigenvalue weighted by molar-refractivity contribution is -0.126. The zero-order valence-electron chi connectivity index (χ0n) is 10.3. The zero-order chi connectivity index (χ0) is 13.3. The van der Waals surface area contributed by atoms with E-state index in [0.717, 1.165) is 0 Å². The van der Waals surface area contributed by atoms with Gasteiger partial charge < -0.3 is 9.88 Å². The van der Waals surface area contributed by atoms with Crippen LogP contribution in [-0.2, 0) is 21.9 Å². The SMILES string of the molecule is CCC1C(=O)NCCN1S(=O)(=O)c1cn(C)cn1. The molecule has 1 unspecified atom stereocenters. The number of carbonyl (C=O) groups is 1. The zero-order valence-corrected chi connectivity index (χ0v) is 11.1. The Labute approximate surface area is 106 Å². The predicted molar refractivity (Wildman–Crippen MR) is 64.2 cm³/mol. The Kier molecular flexibility index (Phi) is 3.40. The van der Waals surface area contributed by atoms with Crippen LogP contribution in [0.25, 0.3) is 0 Å². The van der Waals surface area contributed by atoms with Crippen molar-refractivity contribution in [3.8, 4) is 0 Å². The standard InChI is InChI=1S/C10H16N4O3S/c1-3-8-10(15)11-4-5-14(8)18(16,17)9-6-13(2)7-12-9/h6-8H,3-5H2,1-2H3,(H,11,15). The van der Waals surface area contributed by atoms with Gasteiger partial charge in [-0.15, -0.1) is 0 Å². The van der Waals surface area contributed by atoms with Crippen LogP contribution in [0.2, 0.25) is 0 Å². The predicted octanol–water partition coefficient (Wildman–Crippen LogP) is -0.681. The maximum absolute atomic E-state index is 12.4. The molecule has 18 heavy (non-hydrogen) atoms. The molecular weight excluding hydrogens is 256 g/mol. The first-order valence-electron chi connectivity index (χ1n) is 5.74. The van der Waals surface area contributed by atoms with Gasteiger partial charge in [0.05, 0.1) is 6.33 Å². The molecular formula is C10H16N4O3S. The van der Waals surface area contributed by atoms with E-state index in [1.807, 2.05) is 0 Å². The van der Waals surface area contributed by atoms with Crippen molar-refractivity contribution in [2.24, 2.45) is 7.05 Å². The summed E-state index contributed by atoms with van der Waals surface area (Å²) in [5, 5.41) is 2.66. The molecule has 1 amide bonds. The summed E-state index contributed by atoms with van der Waals surface area (Å²) < 4.78 is 27.6. The van der Waals surface area contributed by atoms with Crippen molar-refractivity contribution in [3.05, 3.63) is 12.5 Å². The molecule has 1 fully saturated rings. The molecule has 0 saturated carbocycles. The normalized spacial score (nSPS) is 21.9. The Bertz CT molecular complexity index is 551. The van der Waals surface area contributed by atoms with Gasteiger partial charge >= 0.3 is 0 Å². The maximum Gasteiger partial charge on any atom is 0.262 e. The summed E-state index contributed by atoms with van der Waals surface area (Å²) >= 11 is 0. The van der Waals surface area contributed by atoms with Gasteiger partial charge in [0.1, 0.15) is 6.04 Å². The molecule has 1 saturated heterocycles. The number of piperazine rings is 1. The first kappa shape index (κ1) is 13.0. The van der Waals surface area contributed by atoms with E-state index in [2.05, 4.69) is 10.3 Å². The summed E-state index contributed by atoms with van der Waals surface area (Å²) in [4.78, 5) is 15.5. The number of nitrogens with one attached hydrogen (secondary N) is 1. The number of carbonyl (C=O) groups excluding carboxylic acids is 1. The van der Waals surface area contributed by atoms with E-state index in [0.29, 0.717) is 13.0 Å². The third-order valence-electron chi connectivity index (χ3n) is 2.92. The third kappa shape index (κ3) is 2.13. The molecule has 1 atom stereocenters. The van der Waals surface area contributed by atoms with E-state index in [-0.39, 0.29) is 17.5 Å². The van der Waals surface area contributed by atoms with Gasteiger partial charge in [-0.25, -0.2) is 13.4 Å². The van der Waals surface area contributed by atoms with Gasteiger partial charge in [0.2, 0.25) is 5.91 Å². The van der Waals surface area contributed by atoms with Crippen LogP contribution in [0.4, 0.5) is 0 Å². The van der Waals surface area contributed by atoms with Gasteiger partial charge in [-0.1, -0.05) is 6.92 Å². The van der Waals surface area contributed by atoms with Crippen molar-refractivity contribution in [2.45, 2.75) is 24.4 Å². The van der Waals surface area contributed by atoms with Crippen LogP contribution in [-0.4, -0.2) is 47.3 Å². The second-order valence-corrected chi connectivity index (χ2v) is 6.05. The lowest BCUT2D eigenvalue weighted by Crippen LogP contribution is -2.56. The van der Waals surface area contributed by atoms with Crippen molar-refractivity contribution < 1.29 is 13.2 Å². The van der Waals surface area contributed by atoms with Gasteiger partial charge in [-0.2, -0.15) is 4.31 Å². The molecule has 0 aromatic carbocycles. The molecule has 1 aliphatic heterocycles. The lowest BCUT2D eigenvalue weighted by atomic mass is 10.2. The quantitative estimate of drug-likeness (QED) is 0.790. The number of hydrogen-bond acceptors (Lipinski definition) is 4. The second kappa shape index (κ2) is 4.69. The number of aromatic nitrogens is 2. The second-order valence-electron chi connectivity index (χ2n) is 4.21. The first-order chi connectivity index (χ1) is 8.46. The number of aryl methyl sites for hydroxylation is 1. The largest absolute Gasteiger partial charge is 0.353 e. The Hall–Kier alpha value is -1.41. The molecule has 7 nitrogen and oxygen atoms in total. The number of nitrogens with zero attached hydrogens (tertiary/aromatic N) is 3. The molecule has 2 rings (SSSR count). The van der Waals surface area contributed by atoms with E-state index in [9.17, 15) is 13.2 Å². The highest BCUT2D eigenvalue weighted by molar-refractivity contribution is 7.89. The summed E-state index contributed by atoms with van der Waals surface area (Å²) in [6.45, 7) is 2.40. The van der Waals surface area contributed by atoms with Gasteiger partial charge in [-0.3, -0.25) is 4.79 Å². The molecule has 1 N–H and O–H groups in total. The number of hydrogen-bond donors (Lipinski definition) is 1. The first-order valence-corrected chi connectivity index (χ1v) is 7.18. The highest BCUT2D eigenvalue weighted by Gasteiger charge is 2.38. The molecule has 1 aliphatic rings. The smallest absolute Gasteiger partial charge is 0.262 e. The molecule has 100 valence electrons. The van der Waals surface area contributed by atoms with Gasteiger partial charge in [0.15, 0.2) is 5.03 Å². The van der Waals surface area contributed by atoms with Crippen LogP contribution < -0.4 is 5.32 Å². The third-order valence-corrected chi connectivity index (χ3v) is 4.72. The van der Waals surface area contributed by atoms with E-state index in [1.165, 1.54) is 16.8 Å². The topological polar surface area (TPSA) is 84.3 Å².